The smallest absolute Gasteiger partial charge is 0.128 e. The third kappa shape index (κ3) is 1.33. The minimum atomic E-state index is -0.738. The highest BCUT2D eigenvalue weighted by molar-refractivity contribution is 6.33. The lowest BCUT2D eigenvalue weighted by Crippen LogP contribution is -2.14. The van der Waals surface area contributed by atoms with E-state index in [1.165, 1.54) is 6.07 Å². The van der Waals surface area contributed by atoms with E-state index < -0.39 is 17.1 Å². The lowest BCUT2D eigenvalue weighted by atomic mass is 9.92. The van der Waals surface area contributed by atoms with E-state index in [9.17, 15) is 8.78 Å². The summed E-state index contributed by atoms with van der Waals surface area (Å²) in [6, 6.07) is 5.92. The molecule has 2 rings (SSSR count). The Bertz CT molecular complexity index is 451. The number of aromatic amines is 1. The second kappa shape index (κ2) is 3.29. The average molecular weight is 189 g/mol. The van der Waals surface area contributed by atoms with Crippen LogP contribution in [-0.4, -0.2) is 12.8 Å². The molecule has 0 atom stereocenters. The van der Waals surface area contributed by atoms with E-state index in [4.69, 9.17) is 7.85 Å². The van der Waals surface area contributed by atoms with Gasteiger partial charge in [0.2, 0.25) is 0 Å². The molecular formula is C10H6BF2N. The molecule has 4 heteroatoms. The third-order valence-electron chi connectivity index (χ3n) is 2.01. The van der Waals surface area contributed by atoms with Gasteiger partial charge in [-0.25, -0.2) is 8.78 Å². The van der Waals surface area contributed by atoms with Gasteiger partial charge >= 0.3 is 0 Å². The summed E-state index contributed by atoms with van der Waals surface area (Å²) >= 11 is 0. The normalized spacial score (nSPS) is 10.4. The number of benzene rings is 1. The summed E-state index contributed by atoms with van der Waals surface area (Å²) < 4.78 is 26.3. The molecule has 0 fully saturated rings. The maximum atomic E-state index is 13.4. The number of halogens is 2. The Kier molecular flexibility index (Phi) is 2.12. The van der Waals surface area contributed by atoms with Gasteiger partial charge in [-0.1, -0.05) is 0 Å². The number of hydrogen-bond donors (Lipinski definition) is 1. The van der Waals surface area contributed by atoms with Gasteiger partial charge in [-0.05, 0) is 29.7 Å². The van der Waals surface area contributed by atoms with Crippen LogP contribution >= 0.6 is 0 Å². The van der Waals surface area contributed by atoms with Crippen molar-refractivity contribution in [3.8, 4) is 11.3 Å². The van der Waals surface area contributed by atoms with Crippen LogP contribution in [0.15, 0.2) is 30.5 Å². The van der Waals surface area contributed by atoms with Crippen molar-refractivity contribution in [3.63, 3.8) is 0 Å². The molecule has 2 radical (unpaired) electrons. The van der Waals surface area contributed by atoms with Crippen LogP contribution in [0.5, 0.6) is 0 Å². The van der Waals surface area contributed by atoms with Gasteiger partial charge in [-0.2, -0.15) is 0 Å². The van der Waals surface area contributed by atoms with Crippen LogP contribution in [0.3, 0.4) is 0 Å². The Balaban J connectivity index is 2.61. The van der Waals surface area contributed by atoms with Crippen LogP contribution in [0.4, 0.5) is 8.78 Å². The molecule has 0 unspecified atom stereocenters. The minimum Gasteiger partial charge on any atom is -0.361 e. The van der Waals surface area contributed by atoms with Gasteiger partial charge in [0.25, 0.3) is 0 Å². The fourth-order valence-electron chi connectivity index (χ4n) is 1.28. The quantitative estimate of drug-likeness (QED) is 0.657. The SMILES string of the molecule is [B]c1c(F)ccc(-c2ccc[nH]2)c1F. The van der Waals surface area contributed by atoms with Gasteiger partial charge in [0.05, 0.1) is 0 Å². The first-order chi connectivity index (χ1) is 6.70. The summed E-state index contributed by atoms with van der Waals surface area (Å²) in [6.07, 6.45) is 1.66. The van der Waals surface area contributed by atoms with Gasteiger partial charge in [0.15, 0.2) is 0 Å². The van der Waals surface area contributed by atoms with Crippen LogP contribution in [0.25, 0.3) is 11.3 Å². The Morgan fingerprint density at radius 1 is 1.14 bits per heavy atom. The Labute approximate surface area is 81.2 Å². The monoisotopic (exact) mass is 189 g/mol. The van der Waals surface area contributed by atoms with Crippen LogP contribution in [-0.2, 0) is 0 Å². The molecule has 0 aliphatic rings. The summed E-state index contributed by atoms with van der Waals surface area (Å²) in [5.41, 5.74) is 0.403. The zero-order valence-corrected chi connectivity index (χ0v) is 7.22. The fraction of sp³-hybridized carbons (Fsp3) is 0. The molecule has 1 N–H and O–H groups in total. The lowest BCUT2D eigenvalue weighted by molar-refractivity contribution is 0.600. The molecule has 1 heterocycles. The Morgan fingerprint density at radius 2 is 1.93 bits per heavy atom. The van der Waals surface area contributed by atoms with Crippen LogP contribution < -0.4 is 5.46 Å². The van der Waals surface area contributed by atoms with Crippen molar-refractivity contribution >= 4 is 13.3 Å². The number of hydrogen-bond acceptors (Lipinski definition) is 0. The van der Waals surface area contributed by atoms with Crippen molar-refractivity contribution in [1.29, 1.82) is 0 Å². The minimum absolute atomic E-state index is 0.272. The Morgan fingerprint density at radius 3 is 2.57 bits per heavy atom. The first-order valence-corrected chi connectivity index (χ1v) is 4.07. The second-order valence-electron chi connectivity index (χ2n) is 2.91. The number of aromatic nitrogens is 1. The summed E-state index contributed by atoms with van der Waals surface area (Å²) in [4.78, 5) is 2.82. The molecule has 0 saturated carbocycles. The van der Waals surface area contributed by atoms with Crippen molar-refractivity contribution in [3.05, 3.63) is 42.1 Å². The van der Waals surface area contributed by atoms with Crippen molar-refractivity contribution in [2.45, 2.75) is 0 Å². The summed E-state index contributed by atoms with van der Waals surface area (Å²) in [6.45, 7) is 0. The van der Waals surface area contributed by atoms with E-state index in [0.29, 0.717) is 5.69 Å². The van der Waals surface area contributed by atoms with Gasteiger partial charge in [-0.15, -0.1) is 0 Å². The maximum Gasteiger partial charge on any atom is 0.128 e. The lowest BCUT2D eigenvalue weighted by Gasteiger charge is -2.04. The molecule has 0 aliphatic heterocycles. The van der Waals surface area contributed by atoms with Gasteiger partial charge in [0, 0.05) is 17.5 Å². The largest absolute Gasteiger partial charge is 0.361 e. The van der Waals surface area contributed by atoms with Crippen LogP contribution in [0, 0.1) is 11.6 Å². The molecular weight excluding hydrogens is 183 g/mol. The number of rotatable bonds is 1. The molecule has 0 amide bonds. The molecule has 0 spiro atoms. The van der Waals surface area contributed by atoms with E-state index in [1.807, 2.05) is 0 Å². The van der Waals surface area contributed by atoms with Crippen LogP contribution in [0.1, 0.15) is 0 Å². The summed E-state index contributed by atoms with van der Waals surface area (Å²) in [5, 5.41) is 0. The van der Waals surface area contributed by atoms with E-state index in [-0.39, 0.29) is 5.56 Å². The fourth-order valence-corrected chi connectivity index (χ4v) is 1.28. The number of H-pyrrole nitrogens is 1. The zero-order valence-electron chi connectivity index (χ0n) is 7.22. The zero-order chi connectivity index (χ0) is 10.1. The first-order valence-electron chi connectivity index (χ1n) is 4.07. The van der Waals surface area contributed by atoms with E-state index >= 15 is 0 Å². The highest BCUT2D eigenvalue weighted by Gasteiger charge is 2.10. The molecule has 68 valence electrons. The third-order valence-corrected chi connectivity index (χ3v) is 2.01. The van der Waals surface area contributed by atoms with Crippen LogP contribution in [0.2, 0.25) is 0 Å². The van der Waals surface area contributed by atoms with E-state index in [0.717, 1.165) is 6.07 Å². The topological polar surface area (TPSA) is 15.8 Å². The molecule has 0 saturated heterocycles. The van der Waals surface area contributed by atoms with E-state index in [1.54, 1.807) is 18.3 Å². The second-order valence-corrected chi connectivity index (χ2v) is 2.91. The van der Waals surface area contributed by atoms with Gasteiger partial charge in [0.1, 0.15) is 19.5 Å². The summed E-state index contributed by atoms with van der Waals surface area (Å²) in [5.74, 6) is -1.47. The molecule has 1 aromatic heterocycles. The molecule has 0 bridgehead atoms. The standard InChI is InChI=1S/C10H6BF2N/c11-9-7(12)4-3-6(10(9)13)8-2-1-5-14-8/h1-5,14H. The number of nitrogens with one attached hydrogen (secondary N) is 1. The first kappa shape index (κ1) is 9.00. The van der Waals surface area contributed by atoms with Crippen molar-refractivity contribution in [2.75, 3.05) is 0 Å². The molecule has 1 nitrogen and oxygen atoms in total. The van der Waals surface area contributed by atoms with Gasteiger partial charge < -0.3 is 4.98 Å². The molecule has 14 heavy (non-hydrogen) atoms. The highest BCUT2D eigenvalue weighted by Crippen LogP contribution is 2.19. The average Bonchev–Trinajstić information content (AvgIpc) is 2.67. The maximum absolute atomic E-state index is 13.4. The summed E-state index contributed by atoms with van der Waals surface area (Å²) in [7, 11) is 5.22. The predicted octanol–water partition coefficient (Wildman–Crippen LogP) is 1.75. The highest BCUT2D eigenvalue weighted by atomic mass is 19.1. The van der Waals surface area contributed by atoms with Gasteiger partial charge in [-0.3, -0.25) is 0 Å². The predicted molar refractivity (Wildman–Crippen MR) is 51.5 cm³/mol. The molecule has 0 aliphatic carbocycles. The molecule has 2 aromatic rings. The Hall–Kier alpha value is -1.58. The molecule has 1 aromatic carbocycles. The van der Waals surface area contributed by atoms with Crippen molar-refractivity contribution in [2.24, 2.45) is 0 Å². The van der Waals surface area contributed by atoms with Crippen molar-refractivity contribution < 1.29 is 8.78 Å². The van der Waals surface area contributed by atoms with E-state index in [2.05, 4.69) is 4.98 Å². The van der Waals surface area contributed by atoms with Crippen molar-refractivity contribution in [1.82, 2.24) is 4.98 Å².